The van der Waals surface area contributed by atoms with Gasteiger partial charge in [-0.2, -0.15) is 0 Å². The van der Waals surface area contributed by atoms with E-state index in [1.807, 2.05) is 13.0 Å². The maximum atomic E-state index is 11.9. The van der Waals surface area contributed by atoms with E-state index in [9.17, 15) is 9.59 Å². The predicted molar refractivity (Wildman–Crippen MR) is 73.2 cm³/mol. The number of nitrogens with zero attached hydrogens (tertiary/aromatic N) is 1. The number of ether oxygens (including phenoxy) is 2. The van der Waals surface area contributed by atoms with E-state index in [0.717, 1.165) is 6.42 Å². The molecule has 108 valence electrons. The van der Waals surface area contributed by atoms with Crippen molar-refractivity contribution in [3.8, 4) is 0 Å². The molecule has 0 aromatic rings. The third-order valence-corrected chi connectivity index (χ3v) is 2.32. The van der Waals surface area contributed by atoms with Gasteiger partial charge in [-0.15, -0.1) is 0 Å². The minimum absolute atomic E-state index is 0.199. The van der Waals surface area contributed by atoms with E-state index >= 15 is 0 Å². The molecule has 0 rings (SSSR count). The van der Waals surface area contributed by atoms with Crippen LogP contribution in [0.3, 0.4) is 0 Å². The lowest BCUT2D eigenvalue weighted by molar-refractivity contribution is -0.142. The molecule has 0 atom stereocenters. The summed E-state index contributed by atoms with van der Waals surface area (Å²) in [6, 6.07) is 0. The van der Waals surface area contributed by atoms with Crippen LogP contribution in [-0.2, 0) is 19.1 Å². The molecule has 0 aliphatic carbocycles. The Bertz CT molecular complexity index is 372. The number of esters is 2. The van der Waals surface area contributed by atoms with Crippen molar-refractivity contribution in [3.05, 3.63) is 23.5 Å². The standard InChI is InChI=1S/C14H23NO4/c1-6-9-10-15(5)12(14(17)19-8-3)11(4)13(16)18-7-2/h9-10H,6-8H2,1-5H3/b10-9-,12-11+. The van der Waals surface area contributed by atoms with Crippen molar-refractivity contribution in [2.24, 2.45) is 0 Å². The van der Waals surface area contributed by atoms with Crippen molar-refractivity contribution >= 4 is 11.9 Å². The zero-order valence-electron chi connectivity index (χ0n) is 12.4. The molecule has 0 N–H and O–H groups in total. The van der Waals surface area contributed by atoms with E-state index in [4.69, 9.17) is 9.47 Å². The molecule has 5 nitrogen and oxygen atoms in total. The lowest BCUT2D eigenvalue weighted by atomic mass is 10.2. The summed E-state index contributed by atoms with van der Waals surface area (Å²) in [7, 11) is 1.70. The number of carbonyl (C=O) groups is 2. The summed E-state index contributed by atoms with van der Waals surface area (Å²) < 4.78 is 9.89. The van der Waals surface area contributed by atoms with Crippen LogP contribution in [0.2, 0.25) is 0 Å². The van der Waals surface area contributed by atoms with Crippen molar-refractivity contribution in [1.29, 1.82) is 0 Å². The minimum Gasteiger partial charge on any atom is -0.463 e. The van der Waals surface area contributed by atoms with E-state index < -0.39 is 11.9 Å². The van der Waals surface area contributed by atoms with Gasteiger partial charge in [0.25, 0.3) is 0 Å². The summed E-state index contributed by atoms with van der Waals surface area (Å²) in [6.07, 6.45) is 4.45. The number of carbonyl (C=O) groups excluding carboxylic acids is 2. The molecule has 0 aliphatic heterocycles. The predicted octanol–water partition coefficient (Wildman–Crippen LogP) is 2.24. The van der Waals surface area contributed by atoms with Crippen molar-refractivity contribution in [1.82, 2.24) is 4.90 Å². The number of hydrogen-bond acceptors (Lipinski definition) is 5. The Balaban J connectivity index is 5.36. The summed E-state index contributed by atoms with van der Waals surface area (Å²) in [4.78, 5) is 25.2. The summed E-state index contributed by atoms with van der Waals surface area (Å²) in [5.41, 5.74) is 0.438. The summed E-state index contributed by atoms with van der Waals surface area (Å²) in [5, 5.41) is 0. The smallest absolute Gasteiger partial charge is 0.355 e. The molecular formula is C14H23NO4. The zero-order valence-corrected chi connectivity index (χ0v) is 12.4. The van der Waals surface area contributed by atoms with Gasteiger partial charge in [-0.1, -0.05) is 13.0 Å². The Hall–Kier alpha value is -1.78. The van der Waals surface area contributed by atoms with Crippen molar-refractivity contribution in [2.75, 3.05) is 20.3 Å². The number of hydrogen-bond donors (Lipinski definition) is 0. The molecule has 0 amide bonds. The van der Waals surface area contributed by atoms with Crippen LogP contribution in [0.5, 0.6) is 0 Å². The second kappa shape index (κ2) is 9.19. The summed E-state index contributed by atoms with van der Waals surface area (Å²) in [5.74, 6) is -1.04. The van der Waals surface area contributed by atoms with E-state index in [-0.39, 0.29) is 24.5 Å². The van der Waals surface area contributed by atoms with Crippen LogP contribution >= 0.6 is 0 Å². The van der Waals surface area contributed by atoms with Gasteiger partial charge >= 0.3 is 11.9 Å². The molecular weight excluding hydrogens is 246 g/mol. The van der Waals surface area contributed by atoms with Crippen LogP contribution < -0.4 is 0 Å². The first-order valence-electron chi connectivity index (χ1n) is 6.44. The monoisotopic (exact) mass is 269 g/mol. The van der Waals surface area contributed by atoms with Gasteiger partial charge in [0.15, 0.2) is 0 Å². The molecule has 0 unspecified atom stereocenters. The van der Waals surface area contributed by atoms with Crippen LogP contribution in [-0.4, -0.2) is 37.1 Å². The van der Waals surface area contributed by atoms with Gasteiger partial charge in [0.1, 0.15) is 5.70 Å². The molecule has 0 fully saturated rings. The average molecular weight is 269 g/mol. The Kier molecular flexibility index (Phi) is 8.33. The van der Waals surface area contributed by atoms with E-state index in [2.05, 4.69) is 0 Å². The number of likely N-dealkylation sites (N-methyl/N-ethyl adjacent to an activating group) is 1. The third kappa shape index (κ3) is 5.59. The second-order valence-corrected chi connectivity index (χ2v) is 3.82. The fourth-order valence-electron chi connectivity index (χ4n) is 1.44. The van der Waals surface area contributed by atoms with Crippen molar-refractivity contribution in [3.63, 3.8) is 0 Å². The van der Waals surface area contributed by atoms with Gasteiger partial charge in [0.2, 0.25) is 0 Å². The first-order valence-corrected chi connectivity index (χ1v) is 6.44. The van der Waals surface area contributed by atoms with E-state index in [1.165, 1.54) is 0 Å². The molecule has 0 radical (unpaired) electrons. The van der Waals surface area contributed by atoms with Gasteiger partial charge in [-0.3, -0.25) is 0 Å². The van der Waals surface area contributed by atoms with E-state index in [1.54, 1.807) is 38.9 Å². The van der Waals surface area contributed by atoms with Gasteiger partial charge in [-0.25, -0.2) is 9.59 Å². The molecule has 19 heavy (non-hydrogen) atoms. The largest absolute Gasteiger partial charge is 0.463 e. The first-order chi connectivity index (χ1) is 8.99. The van der Waals surface area contributed by atoms with Crippen LogP contribution in [0.4, 0.5) is 0 Å². The fourth-order valence-corrected chi connectivity index (χ4v) is 1.44. The number of allylic oxidation sites excluding steroid dienone is 1. The molecule has 0 spiro atoms. The highest BCUT2D eigenvalue weighted by Gasteiger charge is 2.22. The highest BCUT2D eigenvalue weighted by atomic mass is 16.5. The Morgan fingerprint density at radius 3 is 2.05 bits per heavy atom. The summed E-state index contributed by atoms with van der Waals surface area (Å²) >= 11 is 0. The highest BCUT2D eigenvalue weighted by molar-refractivity contribution is 5.99. The van der Waals surface area contributed by atoms with Crippen molar-refractivity contribution in [2.45, 2.75) is 34.1 Å². The molecule has 0 saturated heterocycles. The van der Waals surface area contributed by atoms with Crippen LogP contribution in [0, 0.1) is 0 Å². The Labute approximate surface area is 114 Å². The van der Waals surface area contributed by atoms with Crippen LogP contribution in [0.25, 0.3) is 0 Å². The Morgan fingerprint density at radius 1 is 1.05 bits per heavy atom. The van der Waals surface area contributed by atoms with Gasteiger partial charge in [-0.05, 0) is 33.4 Å². The van der Waals surface area contributed by atoms with E-state index in [0.29, 0.717) is 0 Å². The lowest BCUT2D eigenvalue weighted by Gasteiger charge is -2.19. The van der Waals surface area contributed by atoms with Crippen LogP contribution in [0.15, 0.2) is 23.5 Å². The quantitative estimate of drug-likeness (QED) is 0.524. The number of rotatable bonds is 7. The Morgan fingerprint density at radius 2 is 1.58 bits per heavy atom. The second-order valence-electron chi connectivity index (χ2n) is 3.82. The third-order valence-electron chi connectivity index (χ3n) is 2.32. The molecule has 0 aromatic heterocycles. The van der Waals surface area contributed by atoms with Crippen LogP contribution in [0.1, 0.15) is 34.1 Å². The molecule has 0 aliphatic rings. The molecule has 0 aromatic carbocycles. The SMILES string of the molecule is CC/C=C\N(C)/C(C(=O)OCC)=C(\C)C(=O)OCC. The first kappa shape index (κ1) is 17.2. The normalized spacial score (nSPS) is 12.1. The van der Waals surface area contributed by atoms with Gasteiger partial charge in [0, 0.05) is 7.05 Å². The molecule has 5 heteroatoms. The summed E-state index contributed by atoms with van der Waals surface area (Å²) in [6.45, 7) is 7.49. The topological polar surface area (TPSA) is 55.8 Å². The molecule has 0 saturated carbocycles. The highest BCUT2D eigenvalue weighted by Crippen LogP contribution is 2.13. The zero-order chi connectivity index (χ0) is 14.8. The molecule has 0 heterocycles. The molecule has 0 bridgehead atoms. The van der Waals surface area contributed by atoms with Crippen molar-refractivity contribution < 1.29 is 19.1 Å². The minimum atomic E-state index is -0.531. The maximum Gasteiger partial charge on any atom is 0.355 e. The van der Waals surface area contributed by atoms with Gasteiger partial charge < -0.3 is 14.4 Å². The van der Waals surface area contributed by atoms with Gasteiger partial charge in [0.05, 0.1) is 18.8 Å². The maximum absolute atomic E-state index is 11.9. The lowest BCUT2D eigenvalue weighted by Crippen LogP contribution is -2.25. The fraction of sp³-hybridized carbons (Fsp3) is 0.571. The average Bonchev–Trinajstić information content (AvgIpc) is 2.37.